The van der Waals surface area contributed by atoms with Crippen molar-refractivity contribution in [3.8, 4) is 5.75 Å². The van der Waals surface area contributed by atoms with Gasteiger partial charge < -0.3 is 20.3 Å². The molecule has 1 aliphatic rings. The molecule has 2 aromatic carbocycles. The van der Waals surface area contributed by atoms with Crippen molar-refractivity contribution in [1.82, 2.24) is 14.9 Å². The summed E-state index contributed by atoms with van der Waals surface area (Å²) < 4.78 is 5.47. The third-order valence-corrected chi connectivity index (χ3v) is 5.85. The van der Waals surface area contributed by atoms with Crippen molar-refractivity contribution >= 4 is 45.9 Å². The SMILES string of the molecule is C=CC(=O)N1CCC[C@H]1C(=O)Nc1cc2c(N(C)C(=O)Nc3ccccc3)ncnc2cc1OC. The molecule has 0 aliphatic carbocycles. The van der Waals surface area contributed by atoms with Crippen molar-refractivity contribution in [2.24, 2.45) is 0 Å². The summed E-state index contributed by atoms with van der Waals surface area (Å²) in [5, 5.41) is 6.23. The molecule has 10 heteroatoms. The van der Waals surface area contributed by atoms with Crippen molar-refractivity contribution in [3.63, 3.8) is 0 Å². The van der Waals surface area contributed by atoms with Gasteiger partial charge in [-0.3, -0.25) is 14.5 Å². The first kappa shape index (κ1) is 23.7. The number of methoxy groups -OCH3 is 1. The van der Waals surface area contributed by atoms with Gasteiger partial charge in [-0.25, -0.2) is 14.8 Å². The van der Waals surface area contributed by atoms with Crippen molar-refractivity contribution < 1.29 is 19.1 Å². The number of hydrogen-bond donors (Lipinski definition) is 2. The van der Waals surface area contributed by atoms with Gasteiger partial charge in [0.15, 0.2) is 0 Å². The number of rotatable bonds is 6. The number of carbonyl (C=O) groups excluding carboxylic acids is 3. The molecule has 4 amide bonds. The summed E-state index contributed by atoms with van der Waals surface area (Å²) >= 11 is 0. The first-order valence-electron chi connectivity index (χ1n) is 11.1. The molecule has 1 saturated heterocycles. The van der Waals surface area contributed by atoms with Gasteiger partial charge in [-0.2, -0.15) is 0 Å². The van der Waals surface area contributed by atoms with Gasteiger partial charge in [0, 0.05) is 30.7 Å². The van der Waals surface area contributed by atoms with E-state index in [1.165, 1.54) is 29.3 Å². The number of anilines is 3. The number of benzene rings is 2. The Bertz CT molecular complexity index is 1280. The van der Waals surface area contributed by atoms with Gasteiger partial charge in [-0.15, -0.1) is 0 Å². The molecule has 1 fully saturated rings. The van der Waals surface area contributed by atoms with E-state index in [1.54, 1.807) is 31.3 Å². The van der Waals surface area contributed by atoms with Gasteiger partial charge in [-0.05, 0) is 37.1 Å². The first-order valence-corrected chi connectivity index (χ1v) is 11.1. The highest BCUT2D eigenvalue weighted by atomic mass is 16.5. The van der Waals surface area contributed by atoms with Crippen LogP contribution in [0.4, 0.5) is 22.0 Å². The average Bonchev–Trinajstić information content (AvgIpc) is 3.38. The Morgan fingerprint density at radius 3 is 2.66 bits per heavy atom. The van der Waals surface area contributed by atoms with E-state index in [0.29, 0.717) is 46.8 Å². The minimum Gasteiger partial charge on any atom is -0.494 e. The largest absolute Gasteiger partial charge is 0.494 e. The Morgan fingerprint density at radius 2 is 1.94 bits per heavy atom. The van der Waals surface area contributed by atoms with E-state index in [1.807, 2.05) is 18.2 Å². The Labute approximate surface area is 202 Å². The average molecular weight is 475 g/mol. The molecule has 2 heterocycles. The van der Waals surface area contributed by atoms with Crippen LogP contribution in [0.2, 0.25) is 0 Å². The van der Waals surface area contributed by atoms with Gasteiger partial charge in [0.25, 0.3) is 0 Å². The summed E-state index contributed by atoms with van der Waals surface area (Å²) in [7, 11) is 3.08. The Kier molecular flexibility index (Phi) is 6.91. The van der Waals surface area contributed by atoms with Crippen LogP contribution in [0.3, 0.4) is 0 Å². The number of hydrogen-bond acceptors (Lipinski definition) is 6. The van der Waals surface area contributed by atoms with E-state index in [9.17, 15) is 14.4 Å². The van der Waals surface area contributed by atoms with Crippen LogP contribution >= 0.6 is 0 Å². The lowest BCUT2D eigenvalue weighted by Crippen LogP contribution is -2.42. The number of urea groups is 1. The van der Waals surface area contributed by atoms with Crippen molar-refractivity contribution in [2.75, 3.05) is 36.2 Å². The lowest BCUT2D eigenvalue weighted by Gasteiger charge is -2.23. The highest BCUT2D eigenvalue weighted by Crippen LogP contribution is 2.34. The molecule has 1 aromatic heterocycles. The van der Waals surface area contributed by atoms with Crippen LogP contribution in [-0.4, -0.2) is 59.5 Å². The van der Waals surface area contributed by atoms with E-state index >= 15 is 0 Å². The van der Waals surface area contributed by atoms with E-state index < -0.39 is 6.04 Å². The smallest absolute Gasteiger partial charge is 0.327 e. The normalized spacial score (nSPS) is 14.9. The third-order valence-electron chi connectivity index (χ3n) is 5.85. The van der Waals surface area contributed by atoms with Gasteiger partial charge >= 0.3 is 6.03 Å². The fraction of sp³-hybridized carbons (Fsp3) is 0.240. The minimum absolute atomic E-state index is 0.283. The molecule has 0 saturated carbocycles. The van der Waals surface area contributed by atoms with Crippen molar-refractivity contribution in [2.45, 2.75) is 18.9 Å². The maximum absolute atomic E-state index is 13.1. The van der Waals surface area contributed by atoms with Crippen LogP contribution in [-0.2, 0) is 9.59 Å². The number of para-hydroxylation sites is 1. The van der Waals surface area contributed by atoms with Crippen LogP contribution in [0, 0.1) is 0 Å². The van der Waals surface area contributed by atoms with E-state index in [4.69, 9.17) is 4.74 Å². The maximum Gasteiger partial charge on any atom is 0.327 e. The van der Waals surface area contributed by atoms with Crippen LogP contribution < -0.4 is 20.3 Å². The summed E-state index contributed by atoms with van der Waals surface area (Å²) in [6.45, 7) is 4.01. The zero-order valence-electron chi connectivity index (χ0n) is 19.5. The number of likely N-dealkylation sites (tertiary alicyclic amines) is 1. The molecule has 0 bridgehead atoms. The number of aromatic nitrogens is 2. The van der Waals surface area contributed by atoms with Gasteiger partial charge in [0.05, 0.1) is 18.3 Å². The van der Waals surface area contributed by atoms with Crippen LogP contribution in [0.5, 0.6) is 5.75 Å². The van der Waals surface area contributed by atoms with Gasteiger partial charge in [0.1, 0.15) is 23.9 Å². The summed E-state index contributed by atoms with van der Waals surface area (Å²) in [6.07, 6.45) is 3.85. The molecule has 180 valence electrons. The van der Waals surface area contributed by atoms with Crippen molar-refractivity contribution in [1.29, 1.82) is 0 Å². The molecule has 1 atom stereocenters. The predicted molar refractivity (Wildman–Crippen MR) is 134 cm³/mol. The van der Waals surface area contributed by atoms with Crippen LogP contribution in [0.25, 0.3) is 10.9 Å². The van der Waals surface area contributed by atoms with Gasteiger partial charge in [-0.1, -0.05) is 24.8 Å². The minimum atomic E-state index is -0.605. The van der Waals surface area contributed by atoms with E-state index in [-0.39, 0.29) is 17.8 Å². The Hall–Kier alpha value is -4.47. The number of amides is 4. The molecule has 4 rings (SSSR count). The zero-order valence-corrected chi connectivity index (χ0v) is 19.5. The Balaban J connectivity index is 1.64. The lowest BCUT2D eigenvalue weighted by atomic mass is 10.1. The molecule has 1 aliphatic heterocycles. The summed E-state index contributed by atoms with van der Waals surface area (Å²) in [5.41, 5.74) is 1.57. The number of nitrogens with one attached hydrogen (secondary N) is 2. The zero-order chi connectivity index (χ0) is 24.9. The van der Waals surface area contributed by atoms with Gasteiger partial charge in [0.2, 0.25) is 11.8 Å². The molecular weight excluding hydrogens is 448 g/mol. The van der Waals surface area contributed by atoms with Crippen molar-refractivity contribution in [3.05, 3.63) is 61.4 Å². The molecular formula is C25H26N6O4. The highest BCUT2D eigenvalue weighted by Gasteiger charge is 2.33. The molecule has 0 radical (unpaired) electrons. The molecule has 35 heavy (non-hydrogen) atoms. The van der Waals surface area contributed by atoms with Crippen LogP contribution in [0.15, 0.2) is 61.4 Å². The molecule has 2 N–H and O–H groups in total. The highest BCUT2D eigenvalue weighted by molar-refractivity contribution is 6.07. The van der Waals surface area contributed by atoms with E-state index in [2.05, 4.69) is 27.2 Å². The Morgan fingerprint density at radius 1 is 1.17 bits per heavy atom. The molecule has 0 spiro atoms. The molecule has 3 aromatic rings. The quantitative estimate of drug-likeness (QED) is 0.529. The monoisotopic (exact) mass is 474 g/mol. The summed E-state index contributed by atoms with van der Waals surface area (Å²) in [5.74, 6) is 0.135. The second kappa shape index (κ2) is 10.2. The fourth-order valence-corrected chi connectivity index (χ4v) is 4.07. The molecule has 0 unspecified atom stereocenters. The number of carbonyl (C=O) groups is 3. The van der Waals surface area contributed by atoms with Crippen LogP contribution in [0.1, 0.15) is 12.8 Å². The summed E-state index contributed by atoms with van der Waals surface area (Å²) in [4.78, 5) is 49.6. The predicted octanol–water partition coefficient (Wildman–Crippen LogP) is 3.42. The standard InChI is InChI=1S/C25H26N6O4/c1-4-22(32)31-12-8-11-20(31)24(33)29-19-13-17-18(14-21(19)35-3)26-15-27-23(17)30(2)25(34)28-16-9-6-5-7-10-16/h4-7,9-10,13-15,20H,1,8,11-12H2,2-3H3,(H,28,34)(H,29,33)/t20-/m0/s1. The molecule has 10 nitrogen and oxygen atoms in total. The number of fused-ring (bicyclic) bond motifs is 1. The van der Waals surface area contributed by atoms with E-state index in [0.717, 1.165) is 6.42 Å². The lowest BCUT2D eigenvalue weighted by molar-refractivity contribution is -0.132. The fourth-order valence-electron chi connectivity index (χ4n) is 4.07. The summed E-state index contributed by atoms with van der Waals surface area (Å²) in [6, 6.07) is 11.4. The number of ether oxygens (including phenoxy) is 1. The maximum atomic E-state index is 13.1. The third kappa shape index (κ3) is 4.91. The first-order chi connectivity index (χ1) is 16.9. The second-order valence-electron chi connectivity index (χ2n) is 8.01. The topological polar surface area (TPSA) is 117 Å². The number of nitrogens with zero attached hydrogens (tertiary/aromatic N) is 4. The second-order valence-corrected chi connectivity index (χ2v) is 8.01.